The van der Waals surface area contributed by atoms with Gasteiger partial charge in [0.1, 0.15) is 0 Å². The highest BCUT2D eigenvalue weighted by Gasteiger charge is 2.56. The molecule has 0 saturated carbocycles. The van der Waals surface area contributed by atoms with E-state index < -0.39 is 0 Å². The third kappa shape index (κ3) is 2.37. The molecule has 0 heterocycles. The number of allylic oxidation sites excluding steroid dienone is 6. The van der Waals surface area contributed by atoms with Crippen molar-refractivity contribution >= 4 is 21.7 Å². The number of hydrogen-bond donors (Lipinski definition) is 0. The highest BCUT2D eigenvalue weighted by molar-refractivity contribution is 9.10. The number of halogens is 1. The largest absolute Gasteiger partial charge is 0.294 e. The lowest BCUT2D eigenvalue weighted by molar-refractivity contribution is -0.119. The molecule has 0 radical (unpaired) electrons. The Labute approximate surface area is 159 Å². The molecule has 0 spiro atoms. The number of rotatable bonds is 1. The Bertz CT molecular complexity index is 866. The molecule has 0 saturated heterocycles. The monoisotopic (exact) mass is 396 g/mol. The fraction of sp³-hybridized carbons (Fsp3) is 0.435. The summed E-state index contributed by atoms with van der Waals surface area (Å²) < 4.78 is 1.09. The van der Waals surface area contributed by atoms with Crippen LogP contribution in [0.25, 0.3) is 0 Å². The zero-order chi connectivity index (χ0) is 17.9. The molecule has 4 rings (SSSR count). The molecule has 2 unspecified atom stereocenters. The summed E-state index contributed by atoms with van der Waals surface area (Å²) in [6.45, 7) is 8.89. The van der Waals surface area contributed by atoms with E-state index in [1.807, 2.05) is 0 Å². The van der Waals surface area contributed by atoms with Gasteiger partial charge in [-0.05, 0) is 82.2 Å². The molecular weight excluding hydrogens is 372 g/mol. The van der Waals surface area contributed by atoms with Crippen LogP contribution in [0.15, 0.2) is 62.2 Å². The van der Waals surface area contributed by atoms with Gasteiger partial charge >= 0.3 is 0 Å². The highest BCUT2D eigenvalue weighted by Crippen LogP contribution is 2.59. The molecule has 0 amide bonds. The van der Waals surface area contributed by atoms with E-state index in [4.69, 9.17) is 0 Å². The summed E-state index contributed by atoms with van der Waals surface area (Å²) >= 11 is 3.56. The number of hydrogen-bond acceptors (Lipinski definition) is 1. The lowest BCUT2D eigenvalue weighted by atomic mass is 9.59. The first-order chi connectivity index (χ1) is 11.8. The molecule has 3 aliphatic rings. The maximum atomic E-state index is 13.4. The number of benzene rings is 1. The van der Waals surface area contributed by atoms with E-state index in [-0.39, 0.29) is 11.3 Å². The lowest BCUT2D eigenvalue weighted by Gasteiger charge is -2.43. The summed E-state index contributed by atoms with van der Waals surface area (Å²) in [6.07, 6.45) is 3.71. The number of Topliss-reactive ketones (excluding diaryl/α,β-unsaturated/α-hetero) is 1. The molecule has 3 aliphatic carbocycles. The topological polar surface area (TPSA) is 17.1 Å². The van der Waals surface area contributed by atoms with Gasteiger partial charge in [0.2, 0.25) is 0 Å². The first-order valence-corrected chi connectivity index (χ1v) is 9.97. The van der Waals surface area contributed by atoms with Crippen molar-refractivity contribution in [3.63, 3.8) is 0 Å². The minimum absolute atomic E-state index is 0.0843. The van der Waals surface area contributed by atoms with E-state index in [9.17, 15) is 4.79 Å². The van der Waals surface area contributed by atoms with Crippen molar-refractivity contribution < 1.29 is 4.79 Å². The fourth-order valence-electron chi connectivity index (χ4n) is 5.12. The van der Waals surface area contributed by atoms with E-state index in [1.165, 1.54) is 33.4 Å². The summed E-state index contributed by atoms with van der Waals surface area (Å²) in [5, 5.41) is 0. The van der Waals surface area contributed by atoms with Crippen LogP contribution in [0, 0.1) is 5.92 Å². The Morgan fingerprint density at radius 3 is 2.24 bits per heavy atom. The average Bonchev–Trinajstić information content (AvgIpc) is 2.79. The predicted octanol–water partition coefficient (Wildman–Crippen LogP) is 6.44. The molecule has 2 heteroatoms. The third-order valence-corrected chi connectivity index (χ3v) is 7.39. The van der Waals surface area contributed by atoms with Crippen molar-refractivity contribution in [1.82, 2.24) is 0 Å². The second-order valence-electron chi connectivity index (χ2n) is 8.21. The second-order valence-corrected chi connectivity index (χ2v) is 9.12. The summed E-state index contributed by atoms with van der Waals surface area (Å²) in [4.78, 5) is 13.4. The van der Waals surface area contributed by atoms with Crippen LogP contribution in [-0.4, -0.2) is 5.78 Å². The molecule has 2 atom stereocenters. The van der Waals surface area contributed by atoms with Crippen molar-refractivity contribution in [1.29, 1.82) is 0 Å². The normalized spacial score (nSPS) is 29.3. The van der Waals surface area contributed by atoms with Gasteiger partial charge < -0.3 is 0 Å². The molecule has 0 fully saturated rings. The van der Waals surface area contributed by atoms with E-state index in [1.54, 1.807) is 0 Å². The van der Waals surface area contributed by atoms with Crippen LogP contribution >= 0.6 is 15.9 Å². The first-order valence-electron chi connectivity index (χ1n) is 9.17. The quantitative estimate of drug-likeness (QED) is 0.498. The molecule has 0 aliphatic heterocycles. The van der Waals surface area contributed by atoms with Crippen LogP contribution in [0.5, 0.6) is 0 Å². The third-order valence-electron chi connectivity index (χ3n) is 6.87. The molecule has 130 valence electrons. The van der Waals surface area contributed by atoms with Gasteiger partial charge in [0.05, 0.1) is 0 Å². The van der Waals surface area contributed by atoms with E-state index in [2.05, 4.69) is 67.9 Å². The van der Waals surface area contributed by atoms with E-state index in [0.717, 1.165) is 35.7 Å². The van der Waals surface area contributed by atoms with Crippen molar-refractivity contribution in [2.75, 3.05) is 0 Å². The number of fused-ring (bicyclic) bond motifs is 2. The van der Waals surface area contributed by atoms with Gasteiger partial charge in [-0.25, -0.2) is 0 Å². The zero-order valence-electron chi connectivity index (χ0n) is 15.5. The Hall–Kier alpha value is -1.41. The van der Waals surface area contributed by atoms with Crippen molar-refractivity contribution in [3.05, 3.63) is 67.7 Å². The Morgan fingerprint density at radius 2 is 1.56 bits per heavy atom. The molecule has 1 aromatic carbocycles. The highest BCUT2D eigenvalue weighted by atomic mass is 79.9. The van der Waals surface area contributed by atoms with Crippen molar-refractivity contribution in [2.45, 2.75) is 58.8 Å². The number of ketones is 1. The first kappa shape index (κ1) is 17.0. The smallest absolute Gasteiger partial charge is 0.163 e. The number of carbonyl (C=O) groups excluding carboxylic acids is 1. The van der Waals surface area contributed by atoms with Crippen molar-refractivity contribution in [2.24, 2.45) is 5.92 Å². The molecule has 1 aromatic rings. The van der Waals surface area contributed by atoms with Gasteiger partial charge in [-0.1, -0.05) is 50.4 Å². The maximum Gasteiger partial charge on any atom is 0.163 e. The lowest BCUT2D eigenvalue weighted by Crippen LogP contribution is -2.39. The Kier molecular flexibility index (Phi) is 3.95. The van der Waals surface area contributed by atoms with Gasteiger partial charge in [-0.2, -0.15) is 0 Å². The Balaban J connectivity index is 1.94. The summed E-state index contributed by atoms with van der Waals surface area (Å²) in [5.74, 6) is 0.498. The maximum absolute atomic E-state index is 13.4. The van der Waals surface area contributed by atoms with Crippen LogP contribution in [0.4, 0.5) is 0 Å². The Morgan fingerprint density at radius 1 is 0.920 bits per heavy atom. The molecule has 0 aromatic heterocycles. The van der Waals surface area contributed by atoms with Crippen LogP contribution in [0.2, 0.25) is 0 Å². The van der Waals surface area contributed by atoms with Gasteiger partial charge in [0, 0.05) is 15.8 Å². The van der Waals surface area contributed by atoms with Crippen LogP contribution in [0.1, 0.15) is 58.9 Å². The predicted molar refractivity (Wildman–Crippen MR) is 107 cm³/mol. The van der Waals surface area contributed by atoms with Crippen LogP contribution in [-0.2, 0) is 10.2 Å². The van der Waals surface area contributed by atoms with Crippen molar-refractivity contribution in [3.8, 4) is 0 Å². The van der Waals surface area contributed by atoms with Gasteiger partial charge in [-0.3, -0.25) is 4.79 Å². The summed E-state index contributed by atoms with van der Waals surface area (Å²) in [5.41, 5.74) is 9.44. The molecule has 1 nitrogen and oxygen atoms in total. The standard InChI is InChI=1S/C23H25BrO/c1-13-9-19-20(10-14(13)2)23(17-5-7-18(24)8-6-17)12-16(4)15(3)11-21(23)22(19)25/h5-8,21H,9-12H2,1-4H3. The van der Waals surface area contributed by atoms with E-state index in [0.29, 0.717) is 5.78 Å². The number of carbonyl (C=O) groups is 1. The molecule has 0 N–H and O–H groups in total. The van der Waals surface area contributed by atoms with E-state index >= 15 is 0 Å². The molecular formula is C23H25BrO. The summed E-state index contributed by atoms with van der Waals surface area (Å²) in [7, 11) is 0. The average molecular weight is 397 g/mol. The zero-order valence-corrected chi connectivity index (χ0v) is 17.1. The second kappa shape index (κ2) is 5.81. The minimum Gasteiger partial charge on any atom is -0.294 e. The van der Waals surface area contributed by atoms with Gasteiger partial charge in [-0.15, -0.1) is 0 Å². The summed E-state index contributed by atoms with van der Waals surface area (Å²) in [6, 6.07) is 8.71. The molecule has 0 bridgehead atoms. The minimum atomic E-state index is -0.126. The van der Waals surface area contributed by atoms with Crippen LogP contribution in [0.3, 0.4) is 0 Å². The van der Waals surface area contributed by atoms with Gasteiger partial charge in [0.15, 0.2) is 5.78 Å². The van der Waals surface area contributed by atoms with Gasteiger partial charge in [0.25, 0.3) is 0 Å². The molecule has 25 heavy (non-hydrogen) atoms. The van der Waals surface area contributed by atoms with Crippen LogP contribution < -0.4 is 0 Å². The fourth-order valence-corrected chi connectivity index (χ4v) is 5.39. The SMILES string of the molecule is CC1=C(C)CC2=C(C1)C(=O)C1CC(C)=C(C)CC21c1ccc(Br)cc1.